The van der Waals surface area contributed by atoms with Crippen LogP contribution in [-0.2, 0) is 4.79 Å². The van der Waals surface area contributed by atoms with Crippen LogP contribution in [0.5, 0.6) is 0 Å². The molecule has 4 rings (SSSR count). The SMILES string of the molecule is CCCCCN1C(=O)/C(=C\c2c(NC3CCCCC3)nc3c(C)cccn3c2=O)SC1=S. The van der Waals surface area contributed by atoms with Crippen molar-refractivity contribution in [2.75, 3.05) is 11.9 Å². The maximum absolute atomic E-state index is 13.5. The van der Waals surface area contributed by atoms with Gasteiger partial charge in [-0.2, -0.15) is 0 Å². The number of rotatable bonds is 7. The Balaban J connectivity index is 1.74. The third kappa shape index (κ3) is 4.76. The van der Waals surface area contributed by atoms with Crippen LogP contribution in [0.1, 0.15) is 69.4 Å². The molecule has 1 N–H and O–H groups in total. The zero-order valence-electron chi connectivity index (χ0n) is 18.7. The van der Waals surface area contributed by atoms with Crippen molar-refractivity contribution < 1.29 is 4.79 Å². The van der Waals surface area contributed by atoms with Crippen LogP contribution in [0.3, 0.4) is 0 Å². The van der Waals surface area contributed by atoms with E-state index in [0.29, 0.717) is 32.8 Å². The molecule has 8 heteroatoms. The maximum atomic E-state index is 13.5. The maximum Gasteiger partial charge on any atom is 0.267 e. The molecule has 6 nitrogen and oxygen atoms in total. The molecular weight excluding hydrogens is 440 g/mol. The fraction of sp³-hybridized carbons (Fsp3) is 0.500. The van der Waals surface area contributed by atoms with Crippen molar-refractivity contribution in [3.8, 4) is 0 Å². The van der Waals surface area contributed by atoms with Crippen molar-refractivity contribution in [3.05, 3.63) is 44.7 Å². The highest BCUT2D eigenvalue weighted by atomic mass is 32.2. The van der Waals surface area contributed by atoms with Crippen LogP contribution < -0.4 is 10.9 Å². The Bertz CT molecular complexity index is 1120. The number of hydrogen-bond donors (Lipinski definition) is 1. The van der Waals surface area contributed by atoms with Crippen LogP contribution in [0.4, 0.5) is 5.82 Å². The van der Waals surface area contributed by atoms with Crippen LogP contribution in [0.15, 0.2) is 28.0 Å². The van der Waals surface area contributed by atoms with Gasteiger partial charge in [-0.05, 0) is 43.9 Å². The molecule has 1 aliphatic heterocycles. The zero-order chi connectivity index (χ0) is 22.7. The van der Waals surface area contributed by atoms with E-state index >= 15 is 0 Å². The first-order valence-electron chi connectivity index (χ1n) is 11.5. The summed E-state index contributed by atoms with van der Waals surface area (Å²) in [7, 11) is 0. The normalized spacial score (nSPS) is 18.8. The number of fused-ring (bicyclic) bond motifs is 1. The first-order valence-corrected chi connectivity index (χ1v) is 12.8. The number of aromatic nitrogens is 2. The molecule has 2 aromatic rings. The second-order valence-electron chi connectivity index (χ2n) is 8.58. The van der Waals surface area contributed by atoms with E-state index in [9.17, 15) is 9.59 Å². The number of thiocarbonyl (C=S) groups is 1. The van der Waals surface area contributed by atoms with Gasteiger partial charge in [-0.1, -0.05) is 69.1 Å². The summed E-state index contributed by atoms with van der Waals surface area (Å²) in [5.74, 6) is 0.445. The van der Waals surface area contributed by atoms with Crippen LogP contribution in [-0.4, -0.2) is 37.1 Å². The third-order valence-corrected chi connectivity index (χ3v) is 7.54. The average molecular weight is 471 g/mol. The molecule has 0 aromatic carbocycles. The highest BCUT2D eigenvalue weighted by Crippen LogP contribution is 2.33. The second kappa shape index (κ2) is 10.2. The van der Waals surface area contributed by atoms with Gasteiger partial charge in [0.2, 0.25) is 0 Å². The summed E-state index contributed by atoms with van der Waals surface area (Å²) in [5, 5.41) is 3.53. The summed E-state index contributed by atoms with van der Waals surface area (Å²) in [6.45, 7) is 4.71. The molecule has 0 spiro atoms. The van der Waals surface area contributed by atoms with Gasteiger partial charge in [0, 0.05) is 18.8 Å². The number of aryl methyl sites for hydroxylation is 1. The number of nitrogens with zero attached hydrogens (tertiary/aromatic N) is 3. The van der Waals surface area contributed by atoms with E-state index in [1.54, 1.807) is 21.6 Å². The number of amides is 1. The van der Waals surface area contributed by atoms with Crippen LogP contribution >= 0.6 is 24.0 Å². The van der Waals surface area contributed by atoms with Crippen LogP contribution in [0.25, 0.3) is 11.7 Å². The number of hydrogen-bond acceptors (Lipinski definition) is 6. The minimum absolute atomic E-state index is 0.117. The fourth-order valence-electron chi connectivity index (χ4n) is 4.34. The topological polar surface area (TPSA) is 66.7 Å². The Morgan fingerprint density at radius 3 is 2.78 bits per heavy atom. The minimum atomic E-state index is -0.173. The molecule has 0 atom stereocenters. The van der Waals surface area contributed by atoms with Crippen molar-refractivity contribution in [1.29, 1.82) is 0 Å². The van der Waals surface area contributed by atoms with E-state index in [4.69, 9.17) is 17.2 Å². The molecule has 2 fully saturated rings. The lowest BCUT2D eigenvalue weighted by Gasteiger charge is -2.24. The Hall–Kier alpha value is -2.19. The Labute approximate surface area is 198 Å². The van der Waals surface area contributed by atoms with Crippen molar-refractivity contribution in [2.45, 2.75) is 71.3 Å². The number of thioether (sulfide) groups is 1. The number of carbonyl (C=O) groups excluding carboxylic acids is 1. The first-order chi connectivity index (χ1) is 15.5. The Morgan fingerprint density at radius 1 is 1.25 bits per heavy atom. The molecular formula is C24H30N4O2S2. The van der Waals surface area contributed by atoms with Crippen LogP contribution in [0, 0.1) is 6.92 Å². The Kier molecular flexibility index (Phi) is 7.30. The Morgan fingerprint density at radius 2 is 2.03 bits per heavy atom. The molecule has 1 saturated heterocycles. The lowest BCUT2D eigenvalue weighted by Crippen LogP contribution is -2.29. The van der Waals surface area contributed by atoms with Gasteiger partial charge in [0.15, 0.2) is 0 Å². The molecule has 0 unspecified atom stereocenters. The van der Waals surface area contributed by atoms with Gasteiger partial charge in [0.25, 0.3) is 11.5 Å². The lowest BCUT2D eigenvalue weighted by atomic mass is 9.95. The number of carbonyl (C=O) groups is 1. The minimum Gasteiger partial charge on any atom is -0.367 e. The van der Waals surface area contributed by atoms with Gasteiger partial charge in [-0.3, -0.25) is 18.9 Å². The van der Waals surface area contributed by atoms with Gasteiger partial charge in [-0.25, -0.2) is 4.98 Å². The third-order valence-electron chi connectivity index (χ3n) is 6.16. The van der Waals surface area contributed by atoms with Crippen molar-refractivity contribution >= 4 is 51.7 Å². The van der Waals surface area contributed by atoms with E-state index < -0.39 is 0 Å². The highest BCUT2D eigenvalue weighted by molar-refractivity contribution is 8.26. The summed E-state index contributed by atoms with van der Waals surface area (Å²) in [6, 6.07) is 4.09. The zero-order valence-corrected chi connectivity index (χ0v) is 20.4. The lowest BCUT2D eigenvalue weighted by molar-refractivity contribution is -0.122. The van der Waals surface area contributed by atoms with E-state index in [1.807, 2.05) is 19.1 Å². The highest BCUT2D eigenvalue weighted by Gasteiger charge is 2.32. The van der Waals surface area contributed by atoms with E-state index in [2.05, 4.69) is 12.2 Å². The van der Waals surface area contributed by atoms with E-state index in [1.165, 1.54) is 31.0 Å². The molecule has 1 saturated carbocycles. The molecule has 2 aromatic heterocycles. The summed E-state index contributed by atoms with van der Waals surface area (Å²) in [5.41, 5.74) is 1.83. The van der Waals surface area contributed by atoms with Gasteiger partial charge < -0.3 is 5.32 Å². The van der Waals surface area contributed by atoms with Crippen molar-refractivity contribution in [3.63, 3.8) is 0 Å². The van der Waals surface area contributed by atoms with E-state index in [0.717, 1.165) is 37.7 Å². The molecule has 1 amide bonds. The molecule has 0 bridgehead atoms. The number of anilines is 1. The number of pyridine rings is 1. The summed E-state index contributed by atoms with van der Waals surface area (Å²) in [6.07, 6.45) is 12.2. The van der Waals surface area contributed by atoms with E-state index in [-0.39, 0.29) is 17.5 Å². The number of unbranched alkanes of at least 4 members (excludes halogenated alkanes) is 2. The average Bonchev–Trinajstić information content (AvgIpc) is 3.05. The molecule has 2 aliphatic rings. The molecule has 0 radical (unpaired) electrons. The summed E-state index contributed by atoms with van der Waals surface area (Å²) < 4.78 is 2.12. The second-order valence-corrected chi connectivity index (χ2v) is 10.3. The van der Waals surface area contributed by atoms with Crippen LogP contribution in [0.2, 0.25) is 0 Å². The molecule has 3 heterocycles. The van der Waals surface area contributed by atoms with Gasteiger partial charge >= 0.3 is 0 Å². The van der Waals surface area contributed by atoms with Crippen molar-refractivity contribution in [2.24, 2.45) is 0 Å². The fourth-order valence-corrected chi connectivity index (χ4v) is 5.63. The quantitative estimate of drug-likeness (QED) is 0.343. The summed E-state index contributed by atoms with van der Waals surface area (Å²) in [4.78, 5) is 33.5. The van der Waals surface area contributed by atoms with Gasteiger partial charge in [0.1, 0.15) is 15.8 Å². The standard InChI is InChI=1S/C24H30N4O2S2/c1-3-4-8-13-28-23(30)19(32-24(28)31)15-18-20(25-17-11-6-5-7-12-17)26-21-16(2)10-9-14-27(21)22(18)29/h9-10,14-15,17,25H,3-8,11-13H2,1-2H3/b19-15+. The van der Waals surface area contributed by atoms with Crippen molar-refractivity contribution in [1.82, 2.24) is 14.3 Å². The molecule has 170 valence electrons. The predicted molar refractivity (Wildman–Crippen MR) is 136 cm³/mol. The monoisotopic (exact) mass is 470 g/mol. The number of nitrogens with one attached hydrogen (secondary N) is 1. The predicted octanol–water partition coefficient (Wildman–Crippen LogP) is 5.14. The largest absolute Gasteiger partial charge is 0.367 e. The molecule has 1 aliphatic carbocycles. The summed E-state index contributed by atoms with van der Waals surface area (Å²) >= 11 is 6.74. The van der Waals surface area contributed by atoms with Gasteiger partial charge in [-0.15, -0.1) is 0 Å². The first kappa shape index (κ1) is 23.0. The molecule has 32 heavy (non-hydrogen) atoms. The van der Waals surface area contributed by atoms with Gasteiger partial charge in [0.05, 0.1) is 10.5 Å². The smallest absolute Gasteiger partial charge is 0.267 e.